The lowest BCUT2D eigenvalue weighted by Gasteiger charge is -1.99. The molecule has 0 amide bonds. The second-order valence-electron chi connectivity index (χ2n) is 1.86. The zero-order valence-electron chi connectivity index (χ0n) is 5.34. The summed E-state index contributed by atoms with van der Waals surface area (Å²) in [5, 5.41) is 8.17. The Hall–Kier alpha value is -0.180. The Bertz CT molecular complexity index is 90.4. The normalized spacial score (nSPS) is 14.0. The van der Waals surface area contributed by atoms with Crippen molar-refractivity contribution < 1.29 is 9.90 Å². The van der Waals surface area contributed by atoms with Gasteiger partial charge in [-0.25, -0.2) is 4.79 Å². The largest absolute Gasteiger partial charge is 0.478 e. The van der Waals surface area contributed by atoms with Crippen LogP contribution < -0.4 is 0 Å². The van der Waals surface area contributed by atoms with Gasteiger partial charge in [0.05, 0.1) is 12.5 Å². The fourth-order valence-electron chi connectivity index (χ4n) is 0.202. The molecule has 0 saturated heterocycles. The first-order valence-electron chi connectivity index (χ1n) is 2.35. The Morgan fingerprint density at radius 3 is 2.00 bits per heavy atom. The highest BCUT2D eigenvalue weighted by Gasteiger charge is 2.22. The van der Waals surface area contributed by atoms with Gasteiger partial charge in [0.2, 0.25) is 5.25 Å². The molecule has 8 heavy (non-hydrogen) atoms. The van der Waals surface area contributed by atoms with Gasteiger partial charge in [-0.3, -0.25) is 0 Å². The molecule has 0 bridgehead atoms. The fourth-order valence-corrected chi connectivity index (χ4v) is 0.605. The summed E-state index contributed by atoms with van der Waals surface area (Å²) in [5.74, 6) is -0.696. The highest BCUT2D eigenvalue weighted by atomic mass is 32.2. The molecule has 0 aromatic carbocycles. The van der Waals surface area contributed by atoms with Gasteiger partial charge in [0, 0.05) is 0 Å². The van der Waals surface area contributed by atoms with Crippen LogP contribution in [0.1, 0.15) is 6.92 Å². The summed E-state index contributed by atoms with van der Waals surface area (Å²) in [6.07, 6.45) is 3.86. The molecule has 0 heterocycles. The molecule has 1 N–H and O–H groups in total. The fraction of sp³-hybridized carbons (Fsp3) is 0.800. The summed E-state index contributed by atoms with van der Waals surface area (Å²) in [7, 11) is 0.0100. The molecule has 1 atom stereocenters. The van der Waals surface area contributed by atoms with Gasteiger partial charge >= 0.3 is 5.97 Å². The Morgan fingerprint density at radius 1 is 1.62 bits per heavy atom. The first kappa shape index (κ1) is 7.82. The topological polar surface area (TPSA) is 37.3 Å². The van der Waals surface area contributed by atoms with Crippen molar-refractivity contribution >= 4 is 16.9 Å². The monoisotopic (exact) mass is 135 g/mol. The molecule has 0 saturated carbocycles. The highest BCUT2D eigenvalue weighted by molar-refractivity contribution is 7.96. The predicted molar refractivity (Wildman–Crippen MR) is 36.3 cm³/mol. The standard InChI is InChI=1S/C5H10O2S/c1-4(5(6)7)8(2)3/h4H,1-3H3/p+1. The van der Waals surface area contributed by atoms with Gasteiger partial charge in [0.25, 0.3) is 0 Å². The maximum absolute atomic E-state index is 10.1. The Labute approximate surface area is 52.2 Å². The minimum atomic E-state index is -0.696. The summed E-state index contributed by atoms with van der Waals surface area (Å²) in [6, 6.07) is 0. The maximum atomic E-state index is 10.1. The lowest BCUT2D eigenvalue weighted by atomic mass is 10.5. The van der Waals surface area contributed by atoms with E-state index in [0.29, 0.717) is 0 Å². The number of rotatable bonds is 2. The van der Waals surface area contributed by atoms with E-state index in [4.69, 9.17) is 5.11 Å². The van der Waals surface area contributed by atoms with Crippen LogP contribution in [0, 0.1) is 0 Å². The predicted octanol–water partition coefficient (Wildman–Crippen LogP) is 0.337. The Kier molecular flexibility index (Phi) is 2.90. The molecular formula is C5H11O2S+. The van der Waals surface area contributed by atoms with Crippen LogP contribution in [-0.4, -0.2) is 28.8 Å². The van der Waals surface area contributed by atoms with Crippen molar-refractivity contribution in [2.75, 3.05) is 12.5 Å². The van der Waals surface area contributed by atoms with E-state index in [2.05, 4.69) is 0 Å². The van der Waals surface area contributed by atoms with Crippen molar-refractivity contribution in [2.45, 2.75) is 12.2 Å². The van der Waals surface area contributed by atoms with Crippen LogP contribution in [0.3, 0.4) is 0 Å². The average Bonchev–Trinajstić information content (AvgIpc) is 1.64. The first-order valence-corrected chi connectivity index (χ1v) is 4.45. The lowest BCUT2D eigenvalue weighted by molar-refractivity contribution is -0.136. The molecule has 0 aromatic heterocycles. The minimum Gasteiger partial charge on any atom is -0.478 e. The van der Waals surface area contributed by atoms with Gasteiger partial charge in [0.1, 0.15) is 0 Å². The molecule has 0 aromatic rings. The smallest absolute Gasteiger partial charge is 0.356 e. The molecule has 0 aliphatic heterocycles. The summed E-state index contributed by atoms with van der Waals surface area (Å²) in [6.45, 7) is 1.73. The van der Waals surface area contributed by atoms with Crippen molar-refractivity contribution in [1.82, 2.24) is 0 Å². The number of carboxylic acids is 1. The van der Waals surface area contributed by atoms with Crippen LogP contribution in [0.25, 0.3) is 0 Å². The molecule has 0 aliphatic carbocycles. The SMILES string of the molecule is CC(C(=O)O)[S+](C)C. The van der Waals surface area contributed by atoms with E-state index in [0.717, 1.165) is 0 Å². The molecule has 0 rings (SSSR count). The van der Waals surface area contributed by atoms with Crippen LogP contribution in [0.5, 0.6) is 0 Å². The van der Waals surface area contributed by atoms with E-state index in [9.17, 15) is 4.79 Å². The summed E-state index contributed by atoms with van der Waals surface area (Å²) in [5.41, 5.74) is 0. The third-order valence-corrected chi connectivity index (χ3v) is 2.67. The molecule has 0 aliphatic rings. The molecule has 48 valence electrons. The summed E-state index contributed by atoms with van der Waals surface area (Å²) < 4.78 is 0. The third kappa shape index (κ3) is 2.21. The molecule has 0 radical (unpaired) electrons. The molecule has 3 heteroatoms. The second kappa shape index (κ2) is 2.97. The molecule has 2 nitrogen and oxygen atoms in total. The van der Waals surface area contributed by atoms with Crippen molar-refractivity contribution in [3.05, 3.63) is 0 Å². The van der Waals surface area contributed by atoms with Crippen molar-refractivity contribution in [3.63, 3.8) is 0 Å². The number of carbonyl (C=O) groups is 1. The number of aliphatic carboxylic acids is 1. The van der Waals surface area contributed by atoms with Crippen LogP contribution in [0.4, 0.5) is 0 Å². The van der Waals surface area contributed by atoms with Gasteiger partial charge < -0.3 is 5.11 Å². The van der Waals surface area contributed by atoms with Gasteiger partial charge in [-0.2, -0.15) is 0 Å². The maximum Gasteiger partial charge on any atom is 0.356 e. The second-order valence-corrected chi connectivity index (χ2v) is 4.33. The van der Waals surface area contributed by atoms with Crippen molar-refractivity contribution in [1.29, 1.82) is 0 Å². The van der Waals surface area contributed by atoms with Crippen LogP contribution in [0.2, 0.25) is 0 Å². The highest BCUT2D eigenvalue weighted by Crippen LogP contribution is 1.96. The van der Waals surface area contributed by atoms with E-state index in [1.54, 1.807) is 6.92 Å². The molecule has 0 fully saturated rings. The zero-order valence-corrected chi connectivity index (χ0v) is 6.16. The molecule has 0 spiro atoms. The van der Waals surface area contributed by atoms with Crippen LogP contribution in [-0.2, 0) is 15.7 Å². The Balaban J connectivity index is 3.64. The quantitative estimate of drug-likeness (QED) is 0.554. The van der Waals surface area contributed by atoms with Crippen LogP contribution in [0.15, 0.2) is 0 Å². The lowest BCUT2D eigenvalue weighted by Crippen LogP contribution is -2.24. The van der Waals surface area contributed by atoms with Crippen LogP contribution >= 0.6 is 0 Å². The first-order chi connectivity index (χ1) is 3.55. The van der Waals surface area contributed by atoms with Crippen molar-refractivity contribution in [2.24, 2.45) is 0 Å². The number of carboxylic acid groups (broad SMARTS) is 1. The minimum absolute atomic E-state index is 0.0100. The Morgan fingerprint density at radius 2 is 2.00 bits per heavy atom. The summed E-state index contributed by atoms with van der Waals surface area (Å²) >= 11 is 0. The molecule has 1 unspecified atom stereocenters. The van der Waals surface area contributed by atoms with Gasteiger partial charge in [-0.15, -0.1) is 0 Å². The van der Waals surface area contributed by atoms with Crippen molar-refractivity contribution in [3.8, 4) is 0 Å². The molecular weight excluding hydrogens is 124 g/mol. The number of hydrogen-bond acceptors (Lipinski definition) is 1. The van der Waals surface area contributed by atoms with E-state index in [-0.39, 0.29) is 16.1 Å². The van der Waals surface area contributed by atoms with Gasteiger partial charge in [-0.1, -0.05) is 0 Å². The third-order valence-electron chi connectivity index (χ3n) is 1.05. The van der Waals surface area contributed by atoms with E-state index < -0.39 is 5.97 Å². The van der Waals surface area contributed by atoms with Gasteiger partial charge in [0.15, 0.2) is 0 Å². The van der Waals surface area contributed by atoms with E-state index in [1.807, 2.05) is 12.5 Å². The number of hydrogen-bond donors (Lipinski definition) is 1. The average molecular weight is 135 g/mol. The summed E-state index contributed by atoms with van der Waals surface area (Å²) in [4.78, 5) is 10.1. The zero-order chi connectivity index (χ0) is 6.73. The van der Waals surface area contributed by atoms with E-state index >= 15 is 0 Å². The van der Waals surface area contributed by atoms with Gasteiger partial charge in [-0.05, 0) is 17.8 Å². The van der Waals surface area contributed by atoms with E-state index in [1.165, 1.54) is 0 Å².